The van der Waals surface area contributed by atoms with Crippen LogP contribution < -0.4 is 0 Å². The van der Waals surface area contributed by atoms with Crippen LogP contribution in [0.5, 0.6) is 0 Å². The molecule has 0 aromatic carbocycles. The average Bonchev–Trinajstić information content (AvgIpc) is 1.35. The molecule has 0 heterocycles. The Bertz CT molecular complexity index is 38.5. The number of rotatable bonds is 1. The first-order valence-corrected chi connectivity index (χ1v) is 13.0. The molecule has 0 atom stereocenters. The quantitative estimate of drug-likeness (QED) is 0.633. The average molecular weight is 257 g/mol. The molecule has 0 saturated heterocycles. The Labute approximate surface area is 52.8 Å². The standard InChI is InChI=1S/C2H5.3ClH.Sb/c1-2;;;;/h1H2,2H3;3*1H;/q;;;;+3/p-3. The van der Waals surface area contributed by atoms with E-state index < -0.39 is 15.4 Å². The van der Waals surface area contributed by atoms with Crippen molar-refractivity contribution in [2.45, 2.75) is 11.3 Å². The van der Waals surface area contributed by atoms with E-state index in [9.17, 15) is 0 Å². The van der Waals surface area contributed by atoms with E-state index in [0.717, 1.165) is 4.37 Å². The third-order valence-corrected chi connectivity index (χ3v) is 7.22. The molecule has 0 nitrogen and oxygen atoms in total. The minimum absolute atomic E-state index is 0.767. The molecular weight excluding hydrogens is 252 g/mol. The topological polar surface area (TPSA) is 0 Å². The summed E-state index contributed by atoms with van der Waals surface area (Å²) in [6.07, 6.45) is 0. The Balaban J connectivity index is 3.17. The third kappa shape index (κ3) is 5.69. The molecule has 0 aromatic heterocycles. The molecule has 0 fully saturated rings. The van der Waals surface area contributed by atoms with Crippen LogP contribution in [-0.4, -0.2) is 15.4 Å². The summed E-state index contributed by atoms with van der Waals surface area (Å²) in [5.74, 6) is 0. The minimum atomic E-state index is -2.73. The van der Waals surface area contributed by atoms with Crippen molar-refractivity contribution in [2.24, 2.45) is 0 Å². The second kappa shape index (κ2) is 2.87. The van der Waals surface area contributed by atoms with Crippen LogP contribution in [0.2, 0.25) is 4.37 Å². The normalized spacial score (nSPS) is 12.0. The predicted octanol–water partition coefficient (Wildman–Crippen LogP) is 2.66. The van der Waals surface area contributed by atoms with E-state index >= 15 is 0 Å². The molecule has 39 valence electrons. The molecular formula is C2H5Cl3Sb. The van der Waals surface area contributed by atoms with Crippen LogP contribution in [0.15, 0.2) is 0 Å². The van der Waals surface area contributed by atoms with Crippen LogP contribution in [0.4, 0.5) is 0 Å². The first-order chi connectivity index (χ1) is 2.56. The molecule has 0 N–H and O–H groups in total. The summed E-state index contributed by atoms with van der Waals surface area (Å²) in [6.45, 7) is 1.90. The fourth-order valence-corrected chi connectivity index (χ4v) is 0. The van der Waals surface area contributed by atoms with Gasteiger partial charge in [-0.15, -0.1) is 0 Å². The first-order valence-electron chi connectivity index (χ1n) is 1.53. The first kappa shape index (κ1) is 7.69. The van der Waals surface area contributed by atoms with Crippen molar-refractivity contribution in [1.29, 1.82) is 0 Å². The van der Waals surface area contributed by atoms with Crippen LogP contribution in [0.3, 0.4) is 0 Å². The molecule has 0 aliphatic rings. The summed E-state index contributed by atoms with van der Waals surface area (Å²) in [5, 5.41) is 0. The van der Waals surface area contributed by atoms with Gasteiger partial charge in [-0.2, -0.15) is 0 Å². The van der Waals surface area contributed by atoms with Gasteiger partial charge >= 0.3 is 53.2 Å². The van der Waals surface area contributed by atoms with Gasteiger partial charge in [-0.1, -0.05) is 0 Å². The van der Waals surface area contributed by atoms with Gasteiger partial charge in [-0.05, 0) is 0 Å². The maximum absolute atomic E-state index is 5.45. The summed E-state index contributed by atoms with van der Waals surface area (Å²) >= 11 is -2.73. The second-order valence-electron chi connectivity index (χ2n) is 0.866. The summed E-state index contributed by atoms with van der Waals surface area (Å²) in [7, 11) is 16.3. The van der Waals surface area contributed by atoms with Crippen LogP contribution in [0.1, 0.15) is 6.92 Å². The zero-order valence-electron chi connectivity index (χ0n) is 3.29. The van der Waals surface area contributed by atoms with E-state index in [1.54, 1.807) is 0 Å². The van der Waals surface area contributed by atoms with E-state index in [1.807, 2.05) is 6.92 Å². The molecule has 0 aliphatic carbocycles. The van der Waals surface area contributed by atoms with Gasteiger partial charge in [0.05, 0.1) is 0 Å². The molecule has 0 aromatic rings. The summed E-state index contributed by atoms with van der Waals surface area (Å²) < 4.78 is 0.767. The van der Waals surface area contributed by atoms with Gasteiger partial charge in [0.15, 0.2) is 0 Å². The van der Waals surface area contributed by atoms with Crippen LogP contribution >= 0.6 is 26.5 Å². The molecule has 0 aliphatic heterocycles. The molecule has 0 spiro atoms. The SMILES string of the molecule is C[CH2][Sb]([Cl])([Cl])[Cl]. The zero-order valence-corrected chi connectivity index (χ0v) is 8.11. The van der Waals surface area contributed by atoms with Gasteiger partial charge in [0.1, 0.15) is 0 Å². The Morgan fingerprint density at radius 2 is 1.50 bits per heavy atom. The monoisotopic (exact) mass is 255 g/mol. The van der Waals surface area contributed by atoms with E-state index in [-0.39, 0.29) is 0 Å². The molecule has 0 bridgehead atoms. The Morgan fingerprint density at radius 3 is 1.50 bits per heavy atom. The number of halogens is 3. The Kier molecular flexibility index (Phi) is 3.67. The number of hydrogen-bond acceptors (Lipinski definition) is 0. The summed E-state index contributed by atoms with van der Waals surface area (Å²) in [4.78, 5) is 0. The fraction of sp³-hybridized carbons (Fsp3) is 1.00. The van der Waals surface area contributed by atoms with Crippen molar-refractivity contribution in [3.05, 3.63) is 0 Å². The fourth-order valence-electron chi connectivity index (χ4n) is 0. The molecule has 0 rings (SSSR count). The maximum atomic E-state index is 5.45. The molecule has 0 saturated carbocycles. The predicted molar refractivity (Wildman–Crippen MR) is 33.8 cm³/mol. The number of hydrogen-bond donors (Lipinski definition) is 0. The van der Waals surface area contributed by atoms with Crippen molar-refractivity contribution in [3.63, 3.8) is 0 Å². The second-order valence-corrected chi connectivity index (χ2v) is 20.9. The van der Waals surface area contributed by atoms with Gasteiger partial charge < -0.3 is 0 Å². The van der Waals surface area contributed by atoms with E-state index in [4.69, 9.17) is 26.5 Å². The van der Waals surface area contributed by atoms with Gasteiger partial charge in [-0.3, -0.25) is 0 Å². The molecule has 1 radical (unpaired) electrons. The van der Waals surface area contributed by atoms with Crippen molar-refractivity contribution in [2.75, 3.05) is 0 Å². The van der Waals surface area contributed by atoms with Gasteiger partial charge in [0, 0.05) is 0 Å². The van der Waals surface area contributed by atoms with Crippen molar-refractivity contribution < 1.29 is 0 Å². The molecule has 0 amide bonds. The van der Waals surface area contributed by atoms with Crippen molar-refractivity contribution >= 4 is 41.9 Å². The van der Waals surface area contributed by atoms with E-state index in [2.05, 4.69) is 0 Å². The Morgan fingerprint density at radius 1 is 1.33 bits per heavy atom. The van der Waals surface area contributed by atoms with Crippen molar-refractivity contribution in [1.82, 2.24) is 0 Å². The van der Waals surface area contributed by atoms with Crippen LogP contribution in [0, 0.1) is 0 Å². The van der Waals surface area contributed by atoms with E-state index in [1.165, 1.54) is 0 Å². The van der Waals surface area contributed by atoms with Crippen molar-refractivity contribution in [3.8, 4) is 0 Å². The van der Waals surface area contributed by atoms with Crippen LogP contribution in [-0.2, 0) is 0 Å². The van der Waals surface area contributed by atoms with Gasteiger partial charge in [0.2, 0.25) is 0 Å². The summed E-state index contributed by atoms with van der Waals surface area (Å²) in [6, 6.07) is 0. The third-order valence-electron chi connectivity index (χ3n) is 0.359. The van der Waals surface area contributed by atoms with E-state index in [0.29, 0.717) is 0 Å². The Hall–Kier alpha value is 1.69. The zero-order chi connectivity index (χ0) is 5.21. The molecule has 6 heavy (non-hydrogen) atoms. The summed E-state index contributed by atoms with van der Waals surface area (Å²) in [5.41, 5.74) is 0. The molecule has 4 heteroatoms. The van der Waals surface area contributed by atoms with Gasteiger partial charge in [0.25, 0.3) is 0 Å². The molecule has 0 unspecified atom stereocenters. The van der Waals surface area contributed by atoms with Crippen LogP contribution in [0.25, 0.3) is 0 Å². The van der Waals surface area contributed by atoms with Gasteiger partial charge in [-0.25, -0.2) is 0 Å².